The first-order valence-corrected chi connectivity index (χ1v) is 6.26. The average Bonchev–Trinajstić information content (AvgIpc) is 2.63. The normalized spacial score (nSPS) is 18.9. The molecule has 2 amide bonds. The number of hydrogen-bond donors (Lipinski definition) is 2. The van der Waals surface area contributed by atoms with E-state index in [1.807, 2.05) is 0 Å². The van der Waals surface area contributed by atoms with Gasteiger partial charge in [-0.2, -0.15) is 0 Å². The van der Waals surface area contributed by atoms with Crippen molar-refractivity contribution in [1.82, 2.24) is 10.6 Å². The molecule has 2 rings (SSSR count). The average molecular weight is 318 g/mol. The van der Waals surface area contributed by atoms with E-state index in [9.17, 15) is 9.59 Å². The highest BCUT2D eigenvalue weighted by atomic mass is 79.9. The van der Waals surface area contributed by atoms with Crippen LogP contribution in [-0.2, 0) is 4.79 Å². The summed E-state index contributed by atoms with van der Waals surface area (Å²) in [4.78, 5) is 22.9. The number of rotatable bonds is 2. The number of carbonyl (C=O) groups excluding carboxylic acids is 2. The molecule has 6 heteroatoms. The van der Waals surface area contributed by atoms with E-state index in [-0.39, 0.29) is 17.9 Å². The molecule has 4 nitrogen and oxygen atoms in total. The minimum atomic E-state index is -0.213. The Kier molecular flexibility index (Phi) is 3.69. The van der Waals surface area contributed by atoms with Crippen molar-refractivity contribution in [2.45, 2.75) is 12.5 Å². The van der Waals surface area contributed by atoms with Gasteiger partial charge in [0.2, 0.25) is 5.91 Å². The third-order valence-corrected chi connectivity index (χ3v) is 3.38. The van der Waals surface area contributed by atoms with Gasteiger partial charge in [0.05, 0.1) is 11.6 Å². The van der Waals surface area contributed by atoms with Crippen molar-refractivity contribution in [3.63, 3.8) is 0 Å². The Morgan fingerprint density at radius 1 is 1.53 bits per heavy atom. The van der Waals surface area contributed by atoms with Gasteiger partial charge in [-0.05, 0) is 34.1 Å². The Balaban J connectivity index is 2.07. The van der Waals surface area contributed by atoms with Gasteiger partial charge < -0.3 is 10.6 Å². The molecule has 0 spiro atoms. The Morgan fingerprint density at radius 2 is 2.29 bits per heavy atom. The van der Waals surface area contributed by atoms with Crippen LogP contribution in [-0.4, -0.2) is 24.4 Å². The molecule has 1 heterocycles. The van der Waals surface area contributed by atoms with E-state index in [0.717, 1.165) is 0 Å². The highest BCUT2D eigenvalue weighted by Gasteiger charge is 2.23. The Hall–Kier alpha value is -1.07. The van der Waals surface area contributed by atoms with E-state index >= 15 is 0 Å². The molecule has 0 saturated carbocycles. The fourth-order valence-electron chi connectivity index (χ4n) is 1.64. The molecule has 1 fully saturated rings. The van der Waals surface area contributed by atoms with Crippen molar-refractivity contribution < 1.29 is 9.59 Å². The molecule has 1 aliphatic heterocycles. The lowest BCUT2D eigenvalue weighted by Crippen LogP contribution is -2.36. The lowest BCUT2D eigenvalue weighted by atomic mass is 10.2. The predicted molar refractivity (Wildman–Crippen MR) is 68.0 cm³/mol. The van der Waals surface area contributed by atoms with Gasteiger partial charge in [-0.1, -0.05) is 11.6 Å². The van der Waals surface area contributed by atoms with Crippen molar-refractivity contribution in [3.05, 3.63) is 33.3 Å². The summed E-state index contributed by atoms with van der Waals surface area (Å²) in [5, 5.41) is 6.02. The van der Waals surface area contributed by atoms with E-state index in [4.69, 9.17) is 11.6 Å². The first-order chi connectivity index (χ1) is 8.06. The van der Waals surface area contributed by atoms with Crippen LogP contribution in [0.1, 0.15) is 16.8 Å². The highest BCUT2D eigenvalue weighted by Crippen LogP contribution is 2.21. The van der Waals surface area contributed by atoms with Gasteiger partial charge in [0, 0.05) is 22.5 Å². The number of halogens is 2. The lowest BCUT2D eigenvalue weighted by Gasteiger charge is -2.11. The summed E-state index contributed by atoms with van der Waals surface area (Å²) in [7, 11) is 0. The minimum Gasteiger partial charge on any atom is -0.354 e. The Morgan fingerprint density at radius 3 is 2.88 bits per heavy atom. The molecule has 1 aromatic carbocycles. The van der Waals surface area contributed by atoms with Crippen LogP contribution in [0.5, 0.6) is 0 Å². The third-order valence-electron chi connectivity index (χ3n) is 2.49. The fraction of sp³-hybridized carbons (Fsp3) is 0.273. The van der Waals surface area contributed by atoms with Crippen LogP contribution < -0.4 is 10.6 Å². The van der Waals surface area contributed by atoms with Crippen LogP contribution in [0.15, 0.2) is 22.7 Å². The second kappa shape index (κ2) is 5.06. The van der Waals surface area contributed by atoms with Gasteiger partial charge in [-0.15, -0.1) is 0 Å². The molecule has 1 atom stereocenters. The first kappa shape index (κ1) is 12.4. The molecule has 0 bridgehead atoms. The molecule has 0 aliphatic carbocycles. The van der Waals surface area contributed by atoms with Crippen LogP contribution >= 0.6 is 27.5 Å². The fourth-order valence-corrected chi connectivity index (χ4v) is 2.51. The maximum absolute atomic E-state index is 11.9. The zero-order valence-corrected chi connectivity index (χ0v) is 11.1. The van der Waals surface area contributed by atoms with Crippen molar-refractivity contribution in [1.29, 1.82) is 0 Å². The molecule has 1 aliphatic rings. The zero-order valence-electron chi connectivity index (χ0n) is 8.80. The number of hydrogen-bond acceptors (Lipinski definition) is 2. The summed E-state index contributed by atoms with van der Waals surface area (Å²) in [5.74, 6) is -0.250. The summed E-state index contributed by atoms with van der Waals surface area (Å²) >= 11 is 9.08. The van der Waals surface area contributed by atoms with E-state index in [1.165, 1.54) is 0 Å². The zero-order chi connectivity index (χ0) is 12.4. The van der Waals surface area contributed by atoms with Crippen LogP contribution in [0.25, 0.3) is 0 Å². The van der Waals surface area contributed by atoms with Crippen LogP contribution in [0.2, 0.25) is 5.02 Å². The van der Waals surface area contributed by atoms with E-state index < -0.39 is 0 Å². The number of benzene rings is 1. The van der Waals surface area contributed by atoms with Crippen molar-refractivity contribution in [2.24, 2.45) is 0 Å². The molecule has 1 aromatic rings. The second-order valence-electron chi connectivity index (χ2n) is 3.80. The largest absolute Gasteiger partial charge is 0.354 e. The van der Waals surface area contributed by atoms with Crippen molar-refractivity contribution in [3.8, 4) is 0 Å². The molecular weight excluding hydrogens is 307 g/mol. The Labute approximate surface area is 112 Å². The number of carbonyl (C=O) groups is 2. The maximum atomic E-state index is 11.9. The van der Waals surface area contributed by atoms with Gasteiger partial charge in [0.25, 0.3) is 5.91 Å². The Bertz CT molecular complexity index is 479. The first-order valence-electron chi connectivity index (χ1n) is 5.09. The topological polar surface area (TPSA) is 58.2 Å². The standard InChI is InChI=1S/C11H10BrClN2O2/c12-9-3-6(13)1-2-8(9)11(17)15-7-4-10(16)14-5-7/h1-3,7H,4-5H2,(H,14,16)(H,15,17). The van der Waals surface area contributed by atoms with Gasteiger partial charge in [-0.25, -0.2) is 0 Å². The van der Waals surface area contributed by atoms with E-state index in [0.29, 0.717) is 28.0 Å². The van der Waals surface area contributed by atoms with E-state index in [2.05, 4.69) is 26.6 Å². The van der Waals surface area contributed by atoms with Gasteiger partial charge >= 0.3 is 0 Å². The van der Waals surface area contributed by atoms with Crippen LogP contribution in [0.4, 0.5) is 0 Å². The summed E-state index contributed by atoms with van der Waals surface area (Å²) in [6.07, 6.45) is 0.330. The SMILES string of the molecule is O=C1CC(NC(=O)c2ccc(Cl)cc2Br)CN1. The van der Waals surface area contributed by atoms with Crippen molar-refractivity contribution >= 4 is 39.3 Å². The third kappa shape index (κ3) is 2.98. The summed E-state index contributed by atoms with van der Waals surface area (Å²) < 4.78 is 0.639. The molecular formula is C11H10BrClN2O2. The molecule has 90 valence electrons. The van der Waals surface area contributed by atoms with Gasteiger partial charge in [0.1, 0.15) is 0 Å². The lowest BCUT2D eigenvalue weighted by molar-refractivity contribution is -0.119. The molecule has 0 aromatic heterocycles. The maximum Gasteiger partial charge on any atom is 0.252 e. The van der Waals surface area contributed by atoms with Crippen LogP contribution in [0, 0.1) is 0 Å². The number of nitrogens with one attached hydrogen (secondary N) is 2. The van der Waals surface area contributed by atoms with Crippen molar-refractivity contribution in [2.75, 3.05) is 6.54 Å². The summed E-state index contributed by atoms with van der Waals surface area (Å²) in [6.45, 7) is 0.482. The molecule has 2 N–H and O–H groups in total. The highest BCUT2D eigenvalue weighted by molar-refractivity contribution is 9.10. The smallest absolute Gasteiger partial charge is 0.252 e. The van der Waals surface area contributed by atoms with Gasteiger partial charge in [0.15, 0.2) is 0 Å². The second-order valence-corrected chi connectivity index (χ2v) is 5.09. The quantitative estimate of drug-likeness (QED) is 0.872. The predicted octanol–water partition coefficient (Wildman–Crippen LogP) is 1.72. The summed E-state index contributed by atoms with van der Waals surface area (Å²) in [6, 6.07) is 4.82. The van der Waals surface area contributed by atoms with Gasteiger partial charge in [-0.3, -0.25) is 9.59 Å². The monoisotopic (exact) mass is 316 g/mol. The molecule has 0 radical (unpaired) electrons. The number of amides is 2. The van der Waals surface area contributed by atoms with E-state index in [1.54, 1.807) is 18.2 Å². The molecule has 1 unspecified atom stereocenters. The molecule has 17 heavy (non-hydrogen) atoms. The summed E-state index contributed by atoms with van der Waals surface area (Å²) in [5.41, 5.74) is 0.508. The minimum absolute atomic E-state index is 0.0366. The van der Waals surface area contributed by atoms with Crippen LogP contribution in [0.3, 0.4) is 0 Å². The molecule has 1 saturated heterocycles.